The molecule has 2 nitrogen and oxygen atoms in total. The minimum Gasteiger partial charge on any atom is -0.456 e. The fourth-order valence-electron chi connectivity index (χ4n) is 10.0. The monoisotopic (exact) mass is 779 g/mol. The van der Waals surface area contributed by atoms with Crippen molar-refractivity contribution in [3.05, 3.63) is 223 Å². The first kappa shape index (κ1) is 35.3. The molecule has 2 heteroatoms. The number of rotatable bonds is 6. The smallest absolute Gasteiger partial charge is 0.137 e. The van der Waals surface area contributed by atoms with Crippen LogP contribution in [0, 0.1) is 0 Å². The molecule has 1 aromatic heterocycles. The highest BCUT2D eigenvalue weighted by Gasteiger charge is 2.36. The number of nitrogens with zero attached hydrogens (tertiary/aromatic N) is 1. The first-order valence-electron chi connectivity index (χ1n) is 21.2. The Morgan fingerprint density at radius 2 is 0.984 bits per heavy atom. The van der Waals surface area contributed by atoms with E-state index in [4.69, 9.17) is 4.42 Å². The summed E-state index contributed by atoms with van der Waals surface area (Å²) in [5, 5.41) is 7.09. The van der Waals surface area contributed by atoms with E-state index in [2.05, 4.69) is 225 Å². The quantitative estimate of drug-likeness (QED) is 0.167. The summed E-state index contributed by atoms with van der Waals surface area (Å²) in [6, 6.07) is 77.8. The van der Waals surface area contributed by atoms with Gasteiger partial charge in [0.1, 0.15) is 11.2 Å². The van der Waals surface area contributed by atoms with Gasteiger partial charge in [0, 0.05) is 44.8 Å². The lowest BCUT2D eigenvalue weighted by molar-refractivity contribution is 0.660. The summed E-state index contributed by atoms with van der Waals surface area (Å²) in [7, 11) is 0. The average molecular weight is 780 g/mol. The molecule has 12 rings (SSSR count). The minimum atomic E-state index is -0.184. The maximum atomic E-state index is 6.64. The Hall–Kier alpha value is -7.68. The zero-order valence-electron chi connectivity index (χ0n) is 34.1. The van der Waals surface area contributed by atoms with Gasteiger partial charge in [0.25, 0.3) is 0 Å². The molecule has 0 fully saturated rings. The van der Waals surface area contributed by atoms with E-state index in [1.807, 2.05) is 6.07 Å². The number of hydrogen-bond donors (Lipinski definition) is 0. The van der Waals surface area contributed by atoms with Gasteiger partial charge in [0.15, 0.2) is 0 Å². The predicted molar refractivity (Wildman–Crippen MR) is 257 cm³/mol. The molecule has 0 unspecified atom stereocenters. The van der Waals surface area contributed by atoms with Crippen LogP contribution >= 0.6 is 0 Å². The lowest BCUT2D eigenvalue weighted by Crippen LogP contribution is -2.17. The van der Waals surface area contributed by atoms with Gasteiger partial charge < -0.3 is 9.32 Å². The van der Waals surface area contributed by atoms with Crippen LogP contribution in [0.1, 0.15) is 25.0 Å². The number of para-hydroxylation sites is 1. The van der Waals surface area contributed by atoms with Crippen molar-refractivity contribution in [3.8, 4) is 44.5 Å². The lowest BCUT2D eigenvalue weighted by atomic mass is 9.82. The Labute approximate surface area is 355 Å². The second-order valence-corrected chi connectivity index (χ2v) is 16.9. The maximum absolute atomic E-state index is 6.64. The van der Waals surface area contributed by atoms with Gasteiger partial charge in [-0.2, -0.15) is 0 Å². The Morgan fingerprint density at radius 1 is 0.344 bits per heavy atom. The van der Waals surface area contributed by atoms with Gasteiger partial charge in [0.2, 0.25) is 0 Å². The van der Waals surface area contributed by atoms with Crippen LogP contribution in [0.3, 0.4) is 0 Å². The summed E-state index contributed by atoms with van der Waals surface area (Å²) >= 11 is 0. The molecular weight excluding hydrogens is 739 g/mol. The summed E-state index contributed by atoms with van der Waals surface area (Å²) in [6.45, 7) is 4.73. The van der Waals surface area contributed by atoms with Crippen LogP contribution in [0.25, 0.3) is 88.0 Å². The Kier molecular flexibility index (Phi) is 7.92. The third kappa shape index (κ3) is 5.64. The largest absolute Gasteiger partial charge is 0.456 e. The van der Waals surface area contributed by atoms with E-state index in [1.54, 1.807) is 0 Å². The molecule has 0 aliphatic heterocycles. The van der Waals surface area contributed by atoms with Gasteiger partial charge in [-0.25, -0.2) is 0 Å². The van der Waals surface area contributed by atoms with Crippen LogP contribution in [0.15, 0.2) is 217 Å². The number of hydrogen-bond acceptors (Lipinski definition) is 2. The second kappa shape index (κ2) is 13.7. The molecule has 0 saturated carbocycles. The van der Waals surface area contributed by atoms with Crippen LogP contribution in [0.4, 0.5) is 17.1 Å². The summed E-state index contributed by atoms with van der Waals surface area (Å²) in [6.07, 6.45) is 0. The van der Waals surface area contributed by atoms with E-state index in [0.29, 0.717) is 0 Å². The van der Waals surface area contributed by atoms with E-state index in [9.17, 15) is 0 Å². The summed E-state index contributed by atoms with van der Waals surface area (Å²) < 4.78 is 6.64. The third-order valence-corrected chi connectivity index (χ3v) is 13.0. The maximum Gasteiger partial charge on any atom is 0.137 e. The number of anilines is 3. The van der Waals surface area contributed by atoms with Gasteiger partial charge in [-0.3, -0.25) is 0 Å². The van der Waals surface area contributed by atoms with Crippen molar-refractivity contribution in [1.29, 1.82) is 0 Å². The van der Waals surface area contributed by atoms with Crippen LogP contribution < -0.4 is 4.90 Å². The standard InChI is InChI=1S/C59H41NO/c1-59(2)54-25-12-10-22-48(54)49-31-29-44(36-55(49)59)60(45-30-32-51-50-23-11-13-26-56(50)61-57(51)37-45)58-52(40-16-4-3-5-17-40)34-43(42-28-27-38-15-6-7-19-41(38)33-42)35-53(58)47-24-14-20-39-18-8-9-21-46(39)47/h3-37H,1-2H3. The van der Waals surface area contributed by atoms with Crippen molar-refractivity contribution < 1.29 is 4.42 Å². The summed E-state index contributed by atoms with van der Waals surface area (Å²) in [5.74, 6) is 0. The molecule has 11 aromatic rings. The van der Waals surface area contributed by atoms with Crippen LogP contribution in [-0.2, 0) is 5.41 Å². The fourth-order valence-corrected chi connectivity index (χ4v) is 10.0. The van der Waals surface area contributed by atoms with Crippen molar-refractivity contribution in [2.24, 2.45) is 0 Å². The molecular formula is C59H41NO. The zero-order chi connectivity index (χ0) is 40.7. The van der Waals surface area contributed by atoms with Crippen molar-refractivity contribution >= 4 is 60.5 Å². The van der Waals surface area contributed by atoms with Crippen molar-refractivity contribution in [2.45, 2.75) is 19.3 Å². The van der Waals surface area contributed by atoms with Crippen molar-refractivity contribution in [2.75, 3.05) is 4.90 Å². The van der Waals surface area contributed by atoms with Gasteiger partial charge in [0.05, 0.1) is 5.69 Å². The molecule has 0 spiro atoms. The number of benzene rings is 10. The summed E-state index contributed by atoms with van der Waals surface area (Å²) in [4.78, 5) is 2.50. The normalized spacial score (nSPS) is 12.9. The van der Waals surface area contributed by atoms with E-state index < -0.39 is 0 Å². The molecule has 0 saturated heterocycles. The van der Waals surface area contributed by atoms with Gasteiger partial charge in [-0.15, -0.1) is 0 Å². The first-order valence-corrected chi connectivity index (χ1v) is 21.2. The molecule has 0 N–H and O–H groups in total. The van der Waals surface area contributed by atoms with E-state index in [0.717, 1.165) is 61.3 Å². The SMILES string of the molecule is CC1(C)c2ccccc2-c2ccc(N(c3ccc4c(c3)oc3ccccc34)c3c(-c4ccccc4)cc(-c4ccc5ccccc5c4)cc3-c3cccc4ccccc34)cc21. The number of furan rings is 1. The summed E-state index contributed by atoms with van der Waals surface area (Å²) in [5.41, 5.74) is 17.0. The molecule has 0 bridgehead atoms. The molecule has 288 valence electrons. The van der Waals surface area contributed by atoms with E-state index in [1.165, 1.54) is 54.9 Å². The fraction of sp³-hybridized carbons (Fsp3) is 0.0508. The van der Waals surface area contributed by atoms with E-state index in [-0.39, 0.29) is 5.41 Å². The van der Waals surface area contributed by atoms with Crippen LogP contribution in [0.5, 0.6) is 0 Å². The highest BCUT2D eigenvalue weighted by molar-refractivity contribution is 6.09. The molecule has 0 amide bonds. The average Bonchev–Trinajstić information content (AvgIpc) is 3.80. The topological polar surface area (TPSA) is 16.4 Å². The van der Waals surface area contributed by atoms with E-state index >= 15 is 0 Å². The second-order valence-electron chi connectivity index (χ2n) is 16.9. The van der Waals surface area contributed by atoms with Crippen LogP contribution in [-0.4, -0.2) is 0 Å². The highest BCUT2D eigenvalue weighted by atomic mass is 16.3. The molecule has 61 heavy (non-hydrogen) atoms. The van der Waals surface area contributed by atoms with Gasteiger partial charge in [-0.05, 0) is 115 Å². The Balaban J connectivity index is 1.21. The van der Waals surface area contributed by atoms with Crippen LogP contribution in [0.2, 0.25) is 0 Å². The third-order valence-electron chi connectivity index (χ3n) is 13.0. The van der Waals surface area contributed by atoms with Gasteiger partial charge in [-0.1, -0.05) is 172 Å². The minimum absolute atomic E-state index is 0.184. The predicted octanol–water partition coefficient (Wildman–Crippen LogP) is 16.7. The van der Waals surface area contributed by atoms with Crippen molar-refractivity contribution in [1.82, 2.24) is 0 Å². The molecule has 10 aromatic carbocycles. The lowest BCUT2D eigenvalue weighted by Gasteiger charge is -2.32. The molecule has 0 radical (unpaired) electrons. The van der Waals surface area contributed by atoms with Crippen molar-refractivity contribution in [3.63, 3.8) is 0 Å². The number of fused-ring (bicyclic) bond motifs is 8. The zero-order valence-corrected chi connectivity index (χ0v) is 34.1. The molecule has 0 atom stereocenters. The Bertz CT molecular complexity index is 3510. The van der Waals surface area contributed by atoms with Gasteiger partial charge >= 0.3 is 0 Å². The molecule has 1 aliphatic rings. The Morgan fingerprint density at radius 3 is 1.87 bits per heavy atom. The first-order chi connectivity index (χ1) is 30.0. The molecule has 1 heterocycles. The highest BCUT2D eigenvalue weighted by Crippen LogP contribution is 2.54. The molecule has 1 aliphatic carbocycles.